The fourth-order valence-electron chi connectivity index (χ4n) is 1.71. The summed E-state index contributed by atoms with van der Waals surface area (Å²) >= 11 is 0. The summed E-state index contributed by atoms with van der Waals surface area (Å²) in [5.41, 5.74) is 3.26. The Morgan fingerprint density at radius 2 is 1.80 bits per heavy atom. The maximum absolute atomic E-state index is 9.95. The second kappa shape index (κ2) is 3.04. The molecular formula is C12H8O3. The molecule has 1 aliphatic rings. The first-order chi connectivity index (χ1) is 7.34. The summed E-state index contributed by atoms with van der Waals surface area (Å²) < 4.78 is 10.1. The molecule has 2 heterocycles. The average molecular weight is 200 g/mol. The lowest BCUT2D eigenvalue weighted by Crippen LogP contribution is -2.04. The minimum atomic E-state index is -0.579. The summed E-state index contributed by atoms with van der Waals surface area (Å²) in [4.78, 5) is 0. The van der Waals surface area contributed by atoms with Gasteiger partial charge in [-0.25, -0.2) is 0 Å². The fraction of sp³-hybridized carbons (Fsp3) is 0.167. The van der Waals surface area contributed by atoms with Gasteiger partial charge in [-0.3, -0.25) is 0 Å². The van der Waals surface area contributed by atoms with Crippen molar-refractivity contribution in [2.75, 3.05) is 0 Å². The van der Waals surface area contributed by atoms with Gasteiger partial charge in [-0.2, -0.15) is 0 Å². The zero-order valence-electron chi connectivity index (χ0n) is 7.86. The lowest BCUT2D eigenvalue weighted by atomic mass is 9.98. The average Bonchev–Trinajstić information content (AvgIpc) is 2.81. The second-order valence-electron chi connectivity index (χ2n) is 3.52. The molecule has 0 saturated heterocycles. The lowest BCUT2D eigenvalue weighted by molar-refractivity contribution is 0.177. The van der Waals surface area contributed by atoms with E-state index in [4.69, 9.17) is 8.83 Å². The van der Waals surface area contributed by atoms with Gasteiger partial charge in [-0.05, 0) is 0 Å². The maximum atomic E-state index is 9.95. The van der Waals surface area contributed by atoms with E-state index in [9.17, 15) is 5.11 Å². The van der Waals surface area contributed by atoms with Gasteiger partial charge in [0.2, 0.25) is 0 Å². The van der Waals surface area contributed by atoms with Gasteiger partial charge >= 0.3 is 0 Å². The number of aliphatic hydroxyl groups is 1. The molecule has 1 unspecified atom stereocenters. The summed E-state index contributed by atoms with van der Waals surface area (Å²) in [6.45, 7) is 0. The third kappa shape index (κ3) is 1.27. The van der Waals surface area contributed by atoms with E-state index < -0.39 is 6.10 Å². The van der Waals surface area contributed by atoms with Crippen molar-refractivity contribution >= 4 is 0 Å². The van der Waals surface area contributed by atoms with Gasteiger partial charge in [0, 0.05) is 17.5 Å². The van der Waals surface area contributed by atoms with Crippen molar-refractivity contribution in [3.8, 4) is 11.8 Å². The fourth-order valence-corrected chi connectivity index (χ4v) is 1.71. The Balaban J connectivity index is 2.19. The summed E-state index contributed by atoms with van der Waals surface area (Å²) in [7, 11) is 0. The van der Waals surface area contributed by atoms with Crippen LogP contribution in [0.5, 0.6) is 0 Å². The highest BCUT2D eigenvalue weighted by Gasteiger charge is 2.18. The quantitative estimate of drug-likeness (QED) is 0.660. The highest BCUT2D eigenvalue weighted by atomic mass is 16.3. The van der Waals surface area contributed by atoms with Crippen molar-refractivity contribution in [1.82, 2.24) is 0 Å². The Hall–Kier alpha value is -1.92. The number of hydrogen-bond donors (Lipinski definition) is 1. The van der Waals surface area contributed by atoms with Crippen LogP contribution in [0.1, 0.15) is 28.4 Å². The van der Waals surface area contributed by atoms with Crippen LogP contribution >= 0.6 is 0 Å². The summed E-state index contributed by atoms with van der Waals surface area (Å²) in [6, 6.07) is 0. The lowest BCUT2D eigenvalue weighted by Gasteiger charge is -2.09. The molecule has 2 aromatic heterocycles. The van der Waals surface area contributed by atoms with Crippen molar-refractivity contribution in [2.24, 2.45) is 0 Å². The van der Waals surface area contributed by atoms with E-state index in [2.05, 4.69) is 11.8 Å². The molecule has 74 valence electrons. The van der Waals surface area contributed by atoms with Gasteiger partial charge in [-0.15, -0.1) is 0 Å². The monoisotopic (exact) mass is 200 g/mol. The molecule has 3 nitrogen and oxygen atoms in total. The first kappa shape index (κ1) is 8.39. The van der Waals surface area contributed by atoms with E-state index in [-0.39, 0.29) is 0 Å². The number of rotatable bonds is 0. The van der Waals surface area contributed by atoms with Crippen LogP contribution in [0.25, 0.3) is 0 Å². The van der Waals surface area contributed by atoms with Crippen LogP contribution in [0.3, 0.4) is 0 Å². The van der Waals surface area contributed by atoms with E-state index in [1.807, 2.05) is 0 Å². The molecule has 0 aromatic carbocycles. The third-order valence-electron chi connectivity index (χ3n) is 2.54. The zero-order valence-corrected chi connectivity index (χ0v) is 7.86. The van der Waals surface area contributed by atoms with Crippen LogP contribution in [0.4, 0.5) is 0 Å². The summed E-state index contributed by atoms with van der Waals surface area (Å²) in [5, 5.41) is 9.95. The summed E-state index contributed by atoms with van der Waals surface area (Å²) in [5.74, 6) is 5.95. The Kier molecular flexibility index (Phi) is 1.70. The smallest absolute Gasteiger partial charge is 0.106 e. The van der Waals surface area contributed by atoms with Crippen LogP contribution < -0.4 is 0 Å². The molecule has 0 bridgehead atoms. The second-order valence-corrected chi connectivity index (χ2v) is 3.52. The molecule has 15 heavy (non-hydrogen) atoms. The van der Waals surface area contributed by atoms with E-state index >= 15 is 0 Å². The van der Waals surface area contributed by atoms with Crippen molar-refractivity contribution in [1.29, 1.82) is 0 Å². The predicted octanol–water partition coefficient (Wildman–Crippen LogP) is 1.86. The van der Waals surface area contributed by atoms with E-state index in [1.54, 1.807) is 25.1 Å². The van der Waals surface area contributed by atoms with E-state index in [0.29, 0.717) is 6.42 Å². The molecule has 0 fully saturated rings. The van der Waals surface area contributed by atoms with Gasteiger partial charge in [0.1, 0.15) is 12.5 Å². The third-order valence-corrected chi connectivity index (χ3v) is 2.54. The van der Waals surface area contributed by atoms with Crippen molar-refractivity contribution < 1.29 is 13.9 Å². The molecule has 0 spiro atoms. The van der Waals surface area contributed by atoms with E-state index in [0.717, 1.165) is 22.3 Å². The molecule has 3 heteroatoms. The summed E-state index contributed by atoms with van der Waals surface area (Å²) in [6.07, 6.45) is 6.24. The predicted molar refractivity (Wildman–Crippen MR) is 52.1 cm³/mol. The molecule has 1 atom stereocenters. The molecule has 0 radical (unpaired) electrons. The Morgan fingerprint density at radius 1 is 1.07 bits per heavy atom. The Morgan fingerprint density at radius 3 is 2.73 bits per heavy atom. The SMILES string of the molecule is OC1Cc2cocc2C#Cc2cocc21. The first-order valence-electron chi connectivity index (χ1n) is 4.66. The Labute approximate surface area is 86.3 Å². The van der Waals surface area contributed by atoms with Crippen LogP contribution in [0.15, 0.2) is 33.9 Å². The number of hydrogen-bond acceptors (Lipinski definition) is 3. The van der Waals surface area contributed by atoms with E-state index in [1.165, 1.54) is 0 Å². The van der Waals surface area contributed by atoms with Crippen LogP contribution in [-0.2, 0) is 6.42 Å². The van der Waals surface area contributed by atoms with Gasteiger partial charge in [0.05, 0.1) is 29.8 Å². The molecule has 3 rings (SSSR count). The number of furan rings is 2. The minimum Gasteiger partial charge on any atom is -0.471 e. The standard InChI is InChI=1S/C12H8O3/c13-12-3-10-6-14-4-8(10)1-2-9-5-15-7-11(9)12/h4-7,12-13H,3H2. The largest absolute Gasteiger partial charge is 0.471 e. The van der Waals surface area contributed by atoms with Crippen LogP contribution in [-0.4, -0.2) is 5.11 Å². The van der Waals surface area contributed by atoms with Gasteiger partial charge in [0.15, 0.2) is 0 Å². The number of fused-ring (bicyclic) bond motifs is 2. The van der Waals surface area contributed by atoms with Crippen LogP contribution in [0, 0.1) is 11.8 Å². The topological polar surface area (TPSA) is 46.5 Å². The molecular weight excluding hydrogens is 192 g/mol. The van der Waals surface area contributed by atoms with Crippen molar-refractivity contribution in [2.45, 2.75) is 12.5 Å². The maximum Gasteiger partial charge on any atom is 0.106 e. The highest BCUT2D eigenvalue weighted by molar-refractivity contribution is 5.49. The Bertz CT molecular complexity index is 551. The minimum absolute atomic E-state index is 0.507. The molecule has 0 aliphatic heterocycles. The molecule has 2 aromatic rings. The normalized spacial score (nSPS) is 18.1. The first-order valence-corrected chi connectivity index (χ1v) is 4.66. The van der Waals surface area contributed by atoms with Gasteiger partial charge in [0.25, 0.3) is 0 Å². The molecule has 1 aliphatic carbocycles. The molecule has 0 saturated carbocycles. The van der Waals surface area contributed by atoms with Crippen LogP contribution in [0.2, 0.25) is 0 Å². The highest BCUT2D eigenvalue weighted by Crippen LogP contribution is 2.26. The van der Waals surface area contributed by atoms with Gasteiger partial charge < -0.3 is 13.9 Å². The molecule has 1 N–H and O–H groups in total. The molecule has 0 amide bonds. The zero-order chi connectivity index (χ0) is 10.3. The van der Waals surface area contributed by atoms with Gasteiger partial charge in [-0.1, -0.05) is 11.8 Å². The van der Waals surface area contributed by atoms with Crippen molar-refractivity contribution in [3.05, 3.63) is 47.3 Å². The van der Waals surface area contributed by atoms with Crippen molar-refractivity contribution in [3.63, 3.8) is 0 Å². The number of aliphatic hydroxyl groups excluding tert-OH is 1.